The van der Waals surface area contributed by atoms with E-state index in [1.807, 2.05) is 135 Å². The molecule has 300 valence electrons. The minimum atomic E-state index is -3.98. The van der Waals surface area contributed by atoms with E-state index >= 15 is 0 Å². The summed E-state index contributed by atoms with van der Waals surface area (Å²) in [6, 6.07) is 46.6. The van der Waals surface area contributed by atoms with Gasteiger partial charge in [0.25, 0.3) is 0 Å². The summed E-state index contributed by atoms with van der Waals surface area (Å²) in [7, 11) is -3.98. The van der Waals surface area contributed by atoms with Gasteiger partial charge in [0.15, 0.2) is 6.29 Å². The molecule has 3 N–H and O–H groups in total. The zero-order chi connectivity index (χ0) is 40.8. The quantitative estimate of drug-likeness (QED) is 0.102. The molecule has 1 aliphatic rings. The third-order valence-corrected chi connectivity index (χ3v) is 12.2. The van der Waals surface area contributed by atoms with Crippen molar-refractivity contribution >= 4 is 27.0 Å². The van der Waals surface area contributed by atoms with Crippen LogP contribution in [0, 0.1) is 6.92 Å². The van der Waals surface area contributed by atoms with Crippen molar-refractivity contribution in [2.45, 2.75) is 68.9 Å². The van der Waals surface area contributed by atoms with E-state index in [4.69, 9.17) is 9.47 Å². The molecule has 1 amide bonds. The Hall–Kier alpha value is -5.95. The van der Waals surface area contributed by atoms with Crippen molar-refractivity contribution in [1.29, 1.82) is 0 Å². The van der Waals surface area contributed by atoms with Gasteiger partial charge in [-0.3, -0.25) is 4.79 Å². The number of hydrogen-bond donors (Lipinski definition) is 3. The number of carbonyl (C=O) groups excluding carboxylic acids is 1. The van der Waals surface area contributed by atoms with Crippen LogP contribution in [-0.4, -0.2) is 41.1 Å². The van der Waals surface area contributed by atoms with Crippen LogP contribution in [-0.2, 0) is 50.4 Å². The summed E-state index contributed by atoms with van der Waals surface area (Å²) in [4.78, 5) is 18.5. The van der Waals surface area contributed by atoms with Crippen LogP contribution in [0.1, 0.15) is 52.2 Å². The van der Waals surface area contributed by atoms with Crippen LogP contribution in [0.2, 0.25) is 0 Å². The molecule has 7 aromatic rings. The number of nitrogens with zero attached hydrogens (tertiary/aromatic N) is 2. The Bertz CT molecular complexity index is 2610. The van der Waals surface area contributed by atoms with Gasteiger partial charge in [-0.05, 0) is 71.0 Å². The summed E-state index contributed by atoms with van der Waals surface area (Å²) in [5.41, 5.74) is 9.18. The Morgan fingerprint density at radius 2 is 1.49 bits per heavy atom. The highest BCUT2D eigenvalue weighted by molar-refractivity contribution is 7.89. The van der Waals surface area contributed by atoms with Gasteiger partial charge in [0.1, 0.15) is 6.04 Å². The summed E-state index contributed by atoms with van der Waals surface area (Å²) in [5.74, 6) is -0.430. The maximum absolute atomic E-state index is 13.8. The second-order valence-corrected chi connectivity index (χ2v) is 16.6. The number of sulfonamides is 1. The number of rotatable bonds is 14. The van der Waals surface area contributed by atoms with Crippen molar-refractivity contribution in [3.05, 3.63) is 191 Å². The zero-order valence-electron chi connectivity index (χ0n) is 32.6. The third kappa shape index (κ3) is 9.52. The van der Waals surface area contributed by atoms with Gasteiger partial charge in [-0.25, -0.2) is 13.4 Å². The van der Waals surface area contributed by atoms with E-state index in [1.54, 1.807) is 24.3 Å². The van der Waals surface area contributed by atoms with Crippen LogP contribution < -0.4 is 10.0 Å². The summed E-state index contributed by atoms with van der Waals surface area (Å²) in [5, 5.41) is 12.6. The van der Waals surface area contributed by atoms with Crippen molar-refractivity contribution in [1.82, 2.24) is 19.6 Å². The average molecular weight is 807 g/mol. The Kier molecular flexibility index (Phi) is 12.1. The number of aromatic nitrogens is 2. The predicted molar refractivity (Wildman–Crippen MR) is 227 cm³/mol. The first-order valence-corrected chi connectivity index (χ1v) is 21.2. The van der Waals surface area contributed by atoms with E-state index in [0.717, 1.165) is 55.5 Å². The maximum Gasteiger partial charge on any atom is 0.241 e. The fourth-order valence-corrected chi connectivity index (χ4v) is 8.70. The first-order chi connectivity index (χ1) is 28.7. The highest BCUT2D eigenvalue weighted by atomic mass is 32.2. The van der Waals surface area contributed by atoms with Crippen LogP contribution >= 0.6 is 0 Å². The fourth-order valence-electron chi connectivity index (χ4n) is 7.50. The number of carbonyl (C=O) groups is 1. The SMILES string of the molecule is Cc1ccc(S(=O)(=O)N[C@H](Cc2ccccc2)C(=O)NCc2ccccc2-c2ccc([C@@H]3O[C@H](Cn4cnc5ccccc54)C[C@H](c4ccc(CO)cc4)O3)cc2)cc1. The molecule has 0 aliphatic carbocycles. The predicted octanol–water partition coefficient (Wildman–Crippen LogP) is 7.96. The fraction of sp³-hybridized carbons (Fsp3) is 0.208. The molecule has 0 unspecified atom stereocenters. The lowest BCUT2D eigenvalue weighted by molar-refractivity contribution is -0.252. The average Bonchev–Trinajstić information content (AvgIpc) is 3.68. The van der Waals surface area contributed by atoms with Gasteiger partial charge in [0, 0.05) is 18.5 Å². The number of nitrogens with one attached hydrogen (secondary N) is 2. The number of benzene rings is 6. The highest BCUT2D eigenvalue weighted by Crippen LogP contribution is 2.39. The van der Waals surface area contributed by atoms with E-state index in [-0.39, 0.29) is 36.7 Å². The van der Waals surface area contributed by atoms with Crippen molar-refractivity contribution in [3.8, 4) is 11.1 Å². The molecule has 4 atom stereocenters. The van der Waals surface area contributed by atoms with E-state index in [9.17, 15) is 18.3 Å². The Morgan fingerprint density at radius 3 is 2.25 bits per heavy atom. The van der Waals surface area contributed by atoms with E-state index in [0.29, 0.717) is 13.0 Å². The molecule has 0 saturated carbocycles. The summed E-state index contributed by atoms with van der Waals surface area (Å²) < 4.78 is 44.9. The lowest BCUT2D eigenvalue weighted by Crippen LogP contribution is -2.47. The summed E-state index contributed by atoms with van der Waals surface area (Å²) in [6.45, 7) is 2.65. The molecule has 11 heteroatoms. The van der Waals surface area contributed by atoms with Gasteiger partial charge in [-0.2, -0.15) is 4.72 Å². The number of para-hydroxylation sites is 2. The van der Waals surface area contributed by atoms with Crippen LogP contribution in [0.15, 0.2) is 163 Å². The smallest absolute Gasteiger partial charge is 0.241 e. The Morgan fingerprint density at radius 1 is 0.797 bits per heavy atom. The molecule has 2 heterocycles. The van der Waals surface area contributed by atoms with Gasteiger partial charge in [-0.1, -0.05) is 133 Å². The molecule has 1 aliphatic heterocycles. The van der Waals surface area contributed by atoms with Crippen LogP contribution in [0.4, 0.5) is 0 Å². The molecular weight excluding hydrogens is 761 g/mol. The highest BCUT2D eigenvalue weighted by Gasteiger charge is 2.33. The van der Waals surface area contributed by atoms with Gasteiger partial charge in [0.05, 0.1) is 47.6 Å². The standard InChI is InChI=1S/C48H46N4O6S/c1-33-15-25-41(26-16-33)59(55,56)51-44(27-34-9-3-2-4-10-34)47(54)49-29-39-11-5-6-12-42(39)36-21-23-38(24-22-36)48-57-40(30-52-32-50-43-13-7-8-14-45(43)52)28-46(58-48)37-19-17-35(31-53)18-20-37/h2-26,32,40,44,46,48,51,53H,27-31H2,1H3,(H,49,54)/t40-,44+,46+,48+/m0/s1. The molecule has 0 bridgehead atoms. The molecule has 0 spiro atoms. The minimum Gasteiger partial charge on any atom is -0.392 e. The topological polar surface area (TPSA) is 132 Å². The molecule has 10 nitrogen and oxygen atoms in total. The zero-order valence-corrected chi connectivity index (χ0v) is 33.5. The van der Waals surface area contributed by atoms with Crippen molar-refractivity contribution in [2.75, 3.05) is 0 Å². The van der Waals surface area contributed by atoms with E-state index in [2.05, 4.69) is 25.7 Å². The maximum atomic E-state index is 13.8. The van der Waals surface area contributed by atoms with E-state index < -0.39 is 28.3 Å². The third-order valence-electron chi connectivity index (χ3n) is 10.7. The van der Waals surface area contributed by atoms with Crippen LogP contribution in [0.25, 0.3) is 22.2 Å². The van der Waals surface area contributed by atoms with Crippen LogP contribution in [0.3, 0.4) is 0 Å². The first-order valence-electron chi connectivity index (χ1n) is 19.7. The number of aryl methyl sites for hydroxylation is 1. The number of imidazole rings is 1. The van der Waals surface area contributed by atoms with Crippen molar-refractivity contribution < 1.29 is 27.8 Å². The molecular formula is C48H46N4O6S. The molecule has 1 saturated heterocycles. The molecule has 6 aromatic carbocycles. The second kappa shape index (κ2) is 17.9. The van der Waals surface area contributed by atoms with Gasteiger partial charge in [-0.15, -0.1) is 0 Å². The van der Waals surface area contributed by atoms with Crippen molar-refractivity contribution in [2.24, 2.45) is 0 Å². The van der Waals surface area contributed by atoms with Gasteiger partial charge >= 0.3 is 0 Å². The Labute approximate surface area is 344 Å². The number of aliphatic hydroxyl groups is 1. The lowest BCUT2D eigenvalue weighted by Gasteiger charge is -2.36. The molecule has 1 aromatic heterocycles. The van der Waals surface area contributed by atoms with Crippen molar-refractivity contribution in [3.63, 3.8) is 0 Å². The minimum absolute atomic E-state index is 0.0272. The van der Waals surface area contributed by atoms with Gasteiger partial charge < -0.3 is 24.5 Å². The van der Waals surface area contributed by atoms with Gasteiger partial charge in [0.2, 0.25) is 15.9 Å². The molecule has 0 radical (unpaired) electrons. The monoisotopic (exact) mass is 806 g/mol. The van der Waals surface area contributed by atoms with Crippen LogP contribution in [0.5, 0.6) is 0 Å². The number of hydrogen-bond acceptors (Lipinski definition) is 7. The number of ether oxygens (including phenoxy) is 2. The lowest BCUT2D eigenvalue weighted by atomic mass is 9.97. The summed E-state index contributed by atoms with van der Waals surface area (Å²) >= 11 is 0. The number of amides is 1. The molecule has 8 rings (SSSR count). The number of fused-ring (bicyclic) bond motifs is 1. The molecule has 1 fully saturated rings. The van der Waals surface area contributed by atoms with E-state index in [1.165, 1.54) is 0 Å². The number of aliphatic hydroxyl groups excluding tert-OH is 1. The largest absolute Gasteiger partial charge is 0.392 e. The first kappa shape index (κ1) is 39.9. The molecule has 59 heavy (non-hydrogen) atoms. The Balaban J connectivity index is 0.997. The normalized spacial score (nSPS) is 17.4. The summed E-state index contributed by atoms with van der Waals surface area (Å²) in [6.07, 6.45) is 1.62. The second-order valence-electron chi connectivity index (χ2n) is 14.9.